The number of hydrogen-bond acceptors (Lipinski definition) is 1. The molecule has 0 rings (SSSR count). The highest BCUT2D eigenvalue weighted by Gasteiger charge is 2.28. The second kappa shape index (κ2) is 4.42. The molecule has 0 saturated heterocycles. The Hall–Kier alpha value is 0.177. The van der Waals surface area contributed by atoms with Crippen LogP contribution >= 0.6 is 0 Å². The molecule has 0 aliphatic carbocycles. The van der Waals surface area contributed by atoms with Gasteiger partial charge in [-0.05, 0) is 31.0 Å². The van der Waals surface area contributed by atoms with Crippen LogP contribution in [0.2, 0.25) is 19.1 Å². The van der Waals surface area contributed by atoms with Gasteiger partial charge >= 0.3 is 0 Å². The van der Waals surface area contributed by atoms with Crippen LogP contribution in [-0.4, -0.2) is 14.9 Å². The lowest BCUT2D eigenvalue weighted by Crippen LogP contribution is -2.35. The zero-order valence-electron chi connectivity index (χ0n) is 9.53. The van der Waals surface area contributed by atoms with Gasteiger partial charge in [0.05, 0.1) is 0 Å². The van der Waals surface area contributed by atoms with Crippen LogP contribution in [0.3, 0.4) is 0 Å². The Morgan fingerprint density at radius 3 is 2.00 bits per heavy atom. The monoisotopic (exact) mass is 188 g/mol. The molecule has 1 nitrogen and oxygen atoms in total. The summed E-state index contributed by atoms with van der Waals surface area (Å²) in [6, 6.07) is 1.25. The highest BCUT2D eigenvalue weighted by molar-refractivity contribution is 6.71. The van der Waals surface area contributed by atoms with Crippen molar-refractivity contribution in [2.75, 3.05) is 6.61 Å². The molecule has 0 aromatic rings. The van der Waals surface area contributed by atoms with E-state index in [1.807, 2.05) is 0 Å². The fourth-order valence-corrected chi connectivity index (χ4v) is 5.12. The second-order valence-electron chi connectivity index (χ2n) is 5.35. The number of rotatable bonds is 4. The highest BCUT2D eigenvalue weighted by Crippen LogP contribution is 2.28. The third kappa shape index (κ3) is 6.86. The van der Waals surface area contributed by atoms with Crippen LogP contribution in [0.15, 0.2) is 0 Å². The predicted octanol–water partition coefficient (Wildman–Crippen LogP) is 3.66. The maximum atomic E-state index is 5.89. The zero-order valence-corrected chi connectivity index (χ0v) is 10.5. The molecule has 0 aliphatic heterocycles. The molecule has 0 aromatic carbocycles. The summed E-state index contributed by atoms with van der Waals surface area (Å²) in [5.74, 6) is 0. The SMILES string of the molecule is CCCO[Si](C)(C)CC(C)(C)C. The molecule has 0 heterocycles. The van der Waals surface area contributed by atoms with Crippen LogP contribution in [0.4, 0.5) is 0 Å². The van der Waals surface area contributed by atoms with E-state index in [-0.39, 0.29) is 0 Å². The third-order valence-corrected chi connectivity index (χ3v) is 4.55. The summed E-state index contributed by atoms with van der Waals surface area (Å²) in [4.78, 5) is 0. The van der Waals surface area contributed by atoms with Crippen LogP contribution in [0.1, 0.15) is 34.1 Å². The summed E-state index contributed by atoms with van der Waals surface area (Å²) >= 11 is 0. The summed E-state index contributed by atoms with van der Waals surface area (Å²) in [5.41, 5.74) is 0.420. The fourth-order valence-electron chi connectivity index (χ4n) is 1.71. The Morgan fingerprint density at radius 1 is 1.17 bits per heavy atom. The third-order valence-electron chi connectivity index (χ3n) is 1.65. The van der Waals surface area contributed by atoms with E-state index in [2.05, 4.69) is 40.8 Å². The van der Waals surface area contributed by atoms with Gasteiger partial charge in [0.1, 0.15) is 0 Å². The van der Waals surface area contributed by atoms with Crippen molar-refractivity contribution in [3.63, 3.8) is 0 Å². The average Bonchev–Trinajstić information content (AvgIpc) is 1.78. The van der Waals surface area contributed by atoms with Gasteiger partial charge in [0.2, 0.25) is 0 Å². The fraction of sp³-hybridized carbons (Fsp3) is 1.00. The molecule has 0 amide bonds. The van der Waals surface area contributed by atoms with Crippen LogP contribution in [0.25, 0.3) is 0 Å². The molecule has 0 aromatic heterocycles. The van der Waals surface area contributed by atoms with Gasteiger partial charge in [0.15, 0.2) is 8.32 Å². The average molecular weight is 188 g/mol. The van der Waals surface area contributed by atoms with Crippen LogP contribution in [0.5, 0.6) is 0 Å². The Kier molecular flexibility index (Phi) is 4.49. The summed E-state index contributed by atoms with van der Waals surface area (Å²) in [6.07, 6.45) is 1.14. The summed E-state index contributed by atoms with van der Waals surface area (Å²) in [6.45, 7) is 14.6. The first-order chi connectivity index (χ1) is 5.27. The van der Waals surface area contributed by atoms with Gasteiger partial charge in [-0.15, -0.1) is 0 Å². The van der Waals surface area contributed by atoms with Crippen molar-refractivity contribution in [3.05, 3.63) is 0 Å². The van der Waals surface area contributed by atoms with E-state index in [0.717, 1.165) is 13.0 Å². The van der Waals surface area contributed by atoms with Crippen molar-refractivity contribution >= 4 is 8.32 Å². The van der Waals surface area contributed by atoms with Gasteiger partial charge in [-0.3, -0.25) is 0 Å². The van der Waals surface area contributed by atoms with Crippen LogP contribution < -0.4 is 0 Å². The molecular weight excluding hydrogens is 164 g/mol. The van der Waals surface area contributed by atoms with Crippen LogP contribution in [0, 0.1) is 5.41 Å². The minimum atomic E-state index is -1.36. The lowest BCUT2D eigenvalue weighted by atomic mass is 10.0. The van der Waals surface area contributed by atoms with Crippen molar-refractivity contribution in [2.24, 2.45) is 5.41 Å². The van der Waals surface area contributed by atoms with Crippen LogP contribution in [-0.2, 0) is 4.43 Å². The quantitative estimate of drug-likeness (QED) is 0.612. The van der Waals surface area contributed by atoms with Gasteiger partial charge in [-0.2, -0.15) is 0 Å². The molecule has 0 spiro atoms. The van der Waals surface area contributed by atoms with Gasteiger partial charge in [0, 0.05) is 6.61 Å². The molecule has 12 heavy (non-hydrogen) atoms. The molecule has 0 radical (unpaired) electrons. The Labute approximate surface area is 78.6 Å². The van der Waals surface area contributed by atoms with E-state index in [4.69, 9.17) is 4.43 Å². The molecule has 0 N–H and O–H groups in total. The lowest BCUT2D eigenvalue weighted by molar-refractivity contribution is 0.291. The summed E-state index contributed by atoms with van der Waals surface area (Å²) in [7, 11) is -1.36. The summed E-state index contributed by atoms with van der Waals surface area (Å²) in [5, 5.41) is 0. The maximum Gasteiger partial charge on any atom is 0.187 e. The molecule has 74 valence electrons. The van der Waals surface area contributed by atoms with E-state index >= 15 is 0 Å². The van der Waals surface area contributed by atoms with E-state index in [0.29, 0.717) is 5.41 Å². The molecule has 2 heteroatoms. The van der Waals surface area contributed by atoms with Gasteiger partial charge in [-0.25, -0.2) is 0 Å². The van der Waals surface area contributed by atoms with Crippen molar-refractivity contribution < 1.29 is 4.43 Å². The zero-order chi connectivity index (χ0) is 9.83. The standard InChI is InChI=1S/C10H24OSi/c1-7-8-11-12(5,6)9-10(2,3)4/h7-9H2,1-6H3. The van der Waals surface area contributed by atoms with Gasteiger partial charge in [0.25, 0.3) is 0 Å². The molecule has 0 unspecified atom stereocenters. The molecule has 0 aliphatic rings. The first-order valence-corrected chi connectivity index (χ1v) is 8.02. The first kappa shape index (κ1) is 12.2. The van der Waals surface area contributed by atoms with E-state index in [1.165, 1.54) is 6.04 Å². The molecule has 0 saturated carbocycles. The first-order valence-electron chi connectivity index (χ1n) is 4.91. The van der Waals surface area contributed by atoms with E-state index in [1.54, 1.807) is 0 Å². The topological polar surface area (TPSA) is 9.23 Å². The Bertz CT molecular complexity index is 124. The van der Waals surface area contributed by atoms with Gasteiger partial charge in [-0.1, -0.05) is 27.7 Å². The van der Waals surface area contributed by atoms with Crippen molar-refractivity contribution in [2.45, 2.75) is 53.3 Å². The van der Waals surface area contributed by atoms with Crippen molar-refractivity contribution in [1.29, 1.82) is 0 Å². The van der Waals surface area contributed by atoms with Crippen molar-refractivity contribution in [1.82, 2.24) is 0 Å². The van der Waals surface area contributed by atoms with Gasteiger partial charge < -0.3 is 4.43 Å². The van der Waals surface area contributed by atoms with Crippen molar-refractivity contribution in [3.8, 4) is 0 Å². The normalized spacial score (nSPS) is 13.5. The minimum absolute atomic E-state index is 0.420. The second-order valence-corrected chi connectivity index (χ2v) is 9.51. The molecule has 0 bridgehead atoms. The smallest absolute Gasteiger partial charge is 0.187 e. The highest BCUT2D eigenvalue weighted by atomic mass is 28.4. The molecule has 0 atom stereocenters. The Morgan fingerprint density at radius 2 is 1.67 bits per heavy atom. The predicted molar refractivity (Wildman–Crippen MR) is 58.0 cm³/mol. The lowest BCUT2D eigenvalue weighted by Gasteiger charge is -2.30. The minimum Gasteiger partial charge on any atom is -0.417 e. The molecular formula is C10H24OSi. The Balaban J connectivity index is 3.86. The largest absolute Gasteiger partial charge is 0.417 e. The summed E-state index contributed by atoms with van der Waals surface area (Å²) < 4.78 is 5.89. The van der Waals surface area contributed by atoms with E-state index < -0.39 is 8.32 Å². The number of hydrogen-bond donors (Lipinski definition) is 0. The maximum absolute atomic E-state index is 5.89. The molecule has 0 fully saturated rings. The van der Waals surface area contributed by atoms with E-state index in [9.17, 15) is 0 Å².